The smallest absolute Gasteiger partial charge is 0.269 e. The van der Waals surface area contributed by atoms with Crippen LogP contribution in [0.25, 0.3) is 0 Å². The molecule has 0 spiro atoms. The summed E-state index contributed by atoms with van der Waals surface area (Å²) >= 11 is 5.82. The number of sulfonamides is 1. The molecule has 0 bridgehead atoms. The van der Waals surface area contributed by atoms with Crippen LogP contribution in [0.3, 0.4) is 0 Å². The fraction of sp³-hybridized carbons (Fsp3) is 0.167. The van der Waals surface area contributed by atoms with Crippen LogP contribution in [0, 0.1) is 0 Å². The van der Waals surface area contributed by atoms with Gasteiger partial charge < -0.3 is 15.7 Å². The molecule has 1 heterocycles. The summed E-state index contributed by atoms with van der Waals surface area (Å²) < 4.78 is 27.4. The first-order chi connectivity index (χ1) is 17.2. The number of hydrogen-bond donors (Lipinski definition) is 4. The minimum absolute atomic E-state index is 0.0127. The van der Waals surface area contributed by atoms with Crippen LogP contribution in [0.1, 0.15) is 36.8 Å². The number of aliphatic hydroxyl groups excluding tert-OH is 1. The molecule has 0 radical (unpaired) electrons. The number of halogens is 1. The minimum Gasteiger partial charge on any atom is -0.395 e. The van der Waals surface area contributed by atoms with Gasteiger partial charge >= 0.3 is 0 Å². The number of carbonyl (C=O) groups is 3. The third kappa shape index (κ3) is 7.35. The number of nitrogens with one attached hydrogen (secondary N) is 3. The number of hydrogen-bond acceptors (Lipinski definition) is 7. The average molecular weight is 531 g/mol. The van der Waals surface area contributed by atoms with Crippen LogP contribution < -0.4 is 15.4 Å². The van der Waals surface area contributed by atoms with Crippen LogP contribution in [0.4, 0.5) is 0 Å². The number of amides is 3. The van der Waals surface area contributed by atoms with Crippen LogP contribution in [-0.4, -0.2) is 55.9 Å². The van der Waals surface area contributed by atoms with E-state index in [0.717, 1.165) is 6.20 Å². The number of aliphatic hydroxyl groups is 1. The Kier molecular flexibility index (Phi) is 9.12. The van der Waals surface area contributed by atoms with E-state index in [4.69, 9.17) is 16.7 Å². The highest BCUT2D eigenvalue weighted by Crippen LogP contribution is 2.13. The van der Waals surface area contributed by atoms with E-state index in [1.54, 1.807) is 30.3 Å². The molecule has 0 fully saturated rings. The summed E-state index contributed by atoms with van der Waals surface area (Å²) in [5, 5.41) is 14.4. The monoisotopic (exact) mass is 530 g/mol. The van der Waals surface area contributed by atoms with E-state index in [-0.39, 0.29) is 41.8 Å². The lowest BCUT2D eigenvalue weighted by molar-refractivity contribution is 0.0934. The zero-order valence-corrected chi connectivity index (χ0v) is 20.5. The highest BCUT2D eigenvalue weighted by Gasteiger charge is 2.20. The number of carbonyl (C=O) groups excluding carboxylic acids is 3. The van der Waals surface area contributed by atoms with Gasteiger partial charge in [-0.1, -0.05) is 23.7 Å². The maximum absolute atomic E-state index is 12.7. The van der Waals surface area contributed by atoms with Crippen molar-refractivity contribution >= 4 is 39.3 Å². The van der Waals surface area contributed by atoms with Crippen molar-refractivity contribution < 1.29 is 27.9 Å². The lowest BCUT2D eigenvalue weighted by atomic mass is 10.1. The van der Waals surface area contributed by atoms with Crippen molar-refractivity contribution in [3.8, 4) is 0 Å². The van der Waals surface area contributed by atoms with Crippen molar-refractivity contribution in [1.82, 2.24) is 20.3 Å². The van der Waals surface area contributed by atoms with Gasteiger partial charge in [-0.3, -0.25) is 19.4 Å². The van der Waals surface area contributed by atoms with E-state index < -0.39 is 21.8 Å². The lowest BCUT2D eigenvalue weighted by Gasteiger charge is -2.10. The first-order valence-electron chi connectivity index (χ1n) is 10.7. The van der Waals surface area contributed by atoms with Crippen LogP contribution in [0.5, 0.6) is 0 Å². The molecule has 3 aromatic rings. The number of benzene rings is 2. The van der Waals surface area contributed by atoms with Gasteiger partial charge in [0.1, 0.15) is 5.69 Å². The highest BCUT2D eigenvalue weighted by molar-refractivity contribution is 7.90. The summed E-state index contributed by atoms with van der Waals surface area (Å²) in [5.74, 6) is -1.73. The lowest BCUT2D eigenvalue weighted by Crippen LogP contribution is -2.31. The van der Waals surface area contributed by atoms with E-state index in [1.165, 1.54) is 30.3 Å². The summed E-state index contributed by atoms with van der Waals surface area (Å²) in [6, 6.07) is 15.0. The molecule has 0 unspecified atom stereocenters. The summed E-state index contributed by atoms with van der Waals surface area (Å²) in [5.41, 5.74) is 1.05. The third-order valence-corrected chi connectivity index (χ3v) is 6.48. The zero-order valence-electron chi connectivity index (χ0n) is 18.9. The molecular weight excluding hydrogens is 508 g/mol. The SMILES string of the molecule is O=C(NCCc1cccc(S(=O)(=O)NC(=O)c2ccc(C(=O)NCCO)nc2)c1)c1ccc(Cl)cc1. The van der Waals surface area contributed by atoms with E-state index in [0.29, 0.717) is 22.6 Å². The van der Waals surface area contributed by atoms with Crippen molar-refractivity contribution in [1.29, 1.82) is 0 Å². The second-order valence-electron chi connectivity index (χ2n) is 7.51. The van der Waals surface area contributed by atoms with Gasteiger partial charge in [0.05, 0.1) is 17.1 Å². The molecule has 0 aliphatic heterocycles. The molecule has 1 aromatic heterocycles. The Hall–Kier alpha value is -3.80. The molecule has 2 aromatic carbocycles. The maximum atomic E-state index is 12.7. The number of nitrogens with zero attached hydrogens (tertiary/aromatic N) is 1. The molecule has 0 saturated carbocycles. The fourth-order valence-electron chi connectivity index (χ4n) is 3.05. The summed E-state index contributed by atoms with van der Waals surface area (Å²) in [4.78, 5) is 40.2. The zero-order chi connectivity index (χ0) is 26.1. The van der Waals surface area contributed by atoms with Crippen molar-refractivity contribution in [2.45, 2.75) is 11.3 Å². The van der Waals surface area contributed by atoms with E-state index in [2.05, 4.69) is 15.6 Å². The predicted molar refractivity (Wildman–Crippen MR) is 132 cm³/mol. The van der Waals surface area contributed by atoms with Crippen LogP contribution in [0.2, 0.25) is 5.02 Å². The third-order valence-electron chi connectivity index (χ3n) is 4.90. The van der Waals surface area contributed by atoms with Crippen molar-refractivity contribution in [2.24, 2.45) is 0 Å². The van der Waals surface area contributed by atoms with Gasteiger partial charge in [0.25, 0.3) is 27.7 Å². The van der Waals surface area contributed by atoms with Gasteiger partial charge in [-0.2, -0.15) is 0 Å². The maximum Gasteiger partial charge on any atom is 0.269 e. The number of rotatable bonds is 10. The molecule has 4 N–H and O–H groups in total. The Balaban J connectivity index is 1.59. The Morgan fingerprint density at radius 2 is 1.56 bits per heavy atom. The number of pyridine rings is 1. The first kappa shape index (κ1) is 26.8. The Labute approximate surface area is 212 Å². The normalized spacial score (nSPS) is 10.9. The van der Waals surface area contributed by atoms with Gasteiger partial charge in [0, 0.05) is 29.9 Å². The molecule has 36 heavy (non-hydrogen) atoms. The van der Waals surface area contributed by atoms with Crippen molar-refractivity contribution in [3.05, 3.63) is 94.3 Å². The van der Waals surface area contributed by atoms with E-state index >= 15 is 0 Å². The summed E-state index contributed by atoms with van der Waals surface area (Å²) in [6.07, 6.45) is 1.44. The quantitative estimate of drug-likeness (QED) is 0.310. The minimum atomic E-state index is -4.19. The van der Waals surface area contributed by atoms with Gasteiger partial charge in [-0.15, -0.1) is 0 Å². The van der Waals surface area contributed by atoms with E-state index in [1.807, 2.05) is 4.72 Å². The standard InChI is InChI=1S/C24H23ClN4O6S/c25-19-7-4-17(5-8-19)22(31)26-11-10-16-2-1-3-20(14-16)36(34,35)29-23(32)18-6-9-21(28-15-18)24(33)27-12-13-30/h1-9,14-15,30H,10-13H2,(H,26,31)(H,27,33)(H,29,32). The van der Waals surface area contributed by atoms with Gasteiger partial charge in [0.2, 0.25) is 0 Å². The highest BCUT2D eigenvalue weighted by atomic mass is 35.5. The number of aromatic nitrogens is 1. The Bertz CT molecular complexity index is 1350. The van der Waals surface area contributed by atoms with Crippen LogP contribution in [0.15, 0.2) is 71.8 Å². The molecule has 3 rings (SSSR count). The predicted octanol–water partition coefficient (Wildman–Crippen LogP) is 1.55. The molecule has 3 amide bonds. The van der Waals surface area contributed by atoms with Crippen molar-refractivity contribution in [3.63, 3.8) is 0 Å². The molecule has 0 saturated heterocycles. The molecule has 188 valence electrons. The van der Waals surface area contributed by atoms with Gasteiger partial charge in [-0.25, -0.2) is 13.1 Å². The summed E-state index contributed by atoms with van der Waals surface area (Å²) in [7, 11) is -4.19. The van der Waals surface area contributed by atoms with Gasteiger partial charge in [-0.05, 0) is 60.5 Å². The average Bonchev–Trinajstić information content (AvgIpc) is 2.87. The van der Waals surface area contributed by atoms with Crippen LogP contribution >= 0.6 is 11.6 Å². The molecule has 12 heteroatoms. The Morgan fingerprint density at radius 1 is 0.861 bits per heavy atom. The molecule has 10 nitrogen and oxygen atoms in total. The van der Waals surface area contributed by atoms with Crippen molar-refractivity contribution in [2.75, 3.05) is 19.7 Å². The van der Waals surface area contributed by atoms with Gasteiger partial charge in [0.15, 0.2) is 0 Å². The second-order valence-corrected chi connectivity index (χ2v) is 9.63. The molecule has 0 atom stereocenters. The Morgan fingerprint density at radius 3 is 2.22 bits per heavy atom. The molecular formula is C24H23ClN4O6S. The fourth-order valence-corrected chi connectivity index (χ4v) is 4.22. The van der Waals surface area contributed by atoms with Crippen LogP contribution in [-0.2, 0) is 16.4 Å². The summed E-state index contributed by atoms with van der Waals surface area (Å²) in [6.45, 7) is 0.0827. The second kappa shape index (κ2) is 12.2. The molecule has 0 aliphatic rings. The van der Waals surface area contributed by atoms with E-state index in [9.17, 15) is 22.8 Å². The largest absolute Gasteiger partial charge is 0.395 e. The molecule has 0 aliphatic carbocycles. The first-order valence-corrected chi connectivity index (χ1v) is 12.6. The topological polar surface area (TPSA) is 155 Å².